The summed E-state index contributed by atoms with van der Waals surface area (Å²) in [4.78, 5) is 15.3. The summed E-state index contributed by atoms with van der Waals surface area (Å²) < 4.78 is 27.0. The van der Waals surface area contributed by atoms with Crippen molar-refractivity contribution < 1.29 is 13.2 Å². The second-order valence-corrected chi connectivity index (χ2v) is 9.87. The molecule has 3 heterocycles. The predicted molar refractivity (Wildman–Crippen MR) is 99.0 cm³/mol. The number of piperidine rings is 1. The van der Waals surface area contributed by atoms with Crippen LogP contribution in [0.2, 0.25) is 0 Å². The van der Waals surface area contributed by atoms with Gasteiger partial charge in [0.05, 0.1) is 4.90 Å². The highest BCUT2D eigenvalue weighted by atomic mass is 32.2. The fraction of sp³-hybridized carbons (Fsp3) is 0.632. The number of carbonyl (C=O) groups is 1. The Labute approximate surface area is 155 Å². The van der Waals surface area contributed by atoms with Gasteiger partial charge in [0.1, 0.15) is 0 Å². The molecule has 0 aromatic heterocycles. The number of nitrogens with zero attached hydrogens (tertiary/aromatic N) is 2. The lowest BCUT2D eigenvalue weighted by molar-refractivity contribution is -0.136. The molecule has 3 aliphatic rings. The Balaban J connectivity index is 1.36. The Morgan fingerprint density at radius 3 is 2.46 bits per heavy atom. The fourth-order valence-electron chi connectivity index (χ4n) is 4.61. The number of hydrogen-bond acceptors (Lipinski definition) is 4. The molecule has 1 aromatic carbocycles. The molecule has 3 fully saturated rings. The highest BCUT2D eigenvalue weighted by molar-refractivity contribution is 7.89. The first-order chi connectivity index (χ1) is 12.5. The van der Waals surface area contributed by atoms with Crippen LogP contribution >= 0.6 is 0 Å². The zero-order valence-electron chi connectivity index (χ0n) is 15.1. The summed E-state index contributed by atoms with van der Waals surface area (Å²) in [7, 11) is -3.45. The van der Waals surface area contributed by atoms with Gasteiger partial charge in [-0.05, 0) is 44.4 Å². The van der Waals surface area contributed by atoms with E-state index >= 15 is 0 Å². The van der Waals surface area contributed by atoms with E-state index in [4.69, 9.17) is 0 Å². The van der Waals surface area contributed by atoms with Crippen molar-refractivity contribution in [1.82, 2.24) is 14.5 Å². The van der Waals surface area contributed by atoms with Crippen molar-refractivity contribution in [2.45, 2.75) is 30.6 Å². The van der Waals surface area contributed by atoms with E-state index in [1.165, 1.54) is 4.31 Å². The number of benzene rings is 1. The molecule has 0 radical (unpaired) electrons. The number of hydrogen-bond donors (Lipinski definition) is 1. The van der Waals surface area contributed by atoms with Crippen LogP contribution in [0.3, 0.4) is 0 Å². The lowest BCUT2D eigenvalue weighted by atomic mass is 9.86. The van der Waals surface area contributed by atoms with Crippen molar-refractivity contribution in [3.05, 3.63) is 30.3 Å². The summed E-state index contributed by atoms with van der Waals surface area (Å²) >= 11 is 0. The molecule has 1 aromatic rings. The molecule has 0 saturated carbocycles. The molecule has 1 atom stereocenters. The molecule has 3 aliphatic heterocycles. The van der Waals surface area contributed by atoms with Gasteiger partial charge in [0.15, 0.2) is 0 Å². The van der Waals surface area contributed by atoms with Gasteiger partial charge in [0.2, 0.25) is 15.9 Å². The molecule has 1 N–H and O–H groups in total. The Kier molecular flexibility index (Phi) is 4.79. The second kappa shape index (κ2) is 6.94. The first kappa shape index (κ1) is 17.9. The minimum absolute atomic E-state index is 0.0401. The molecule has 1 spiro atoms. The number of sulfonamides is 1. The summed E-state index contributed by atoms with van der Waals surface area (Å²) in [6, 6.07) is 8.55. The molecule has 7 heteroatoms. The Hall–Kier alpha value is -1.44. The second-order valence-electron chi connectivity index (χ2n) is 7.93. The van der Waals surface area contributed by atoms with Crippen LogP contribution in [0.1, 0.15) is 25.7 Å². The molecular weight excluding hydrogens is 350 g/mol. The molecule has 0 bridgehead atoms. The van der Waals surface area contributed by atoms with E-state index < -0.39 is 10.0 Å². The van der Waals surface area contributed by atoms with Gasteiger partial charge in [-0.25, -0.2) is 8.42 Å². The largest absolute Gasteiger partial charge is 0.342 e. The van der Waals surface area contributed by atoms with Crippen molar-refractivity contribution in [3.63, 3.8) is 0 Å². The summed E-state index contributed by atoms with van der Waals surface area (Å²) in [5.41, 5.74) is 0.285. The molecule has 26 heavy (non-hydrogen) atoms. The molecule has 1 unspecified atom stereocenters. The van der Waals surface area contributed by atoms with E-state index in [-0.39, 0.29) is 17.2 Å². The van der Waals surface area contributed by atoms with E-state index in [0.717, 1.165) is 39.0 Å². The summed E-state index contributed by atoms with van der Waals surface area (Å²) in [6.07, 6.45) is 3.48. The van der Waals surface area contributed by atoms with E-state index in [0.29, 0.717) is 30.8 Å². The van der Waals surface area contributed by atoms with E-state index in [9.17, 15) is 13.2 Å². The molecule has 6 nitrogen and oxygen atoms in total. The van der Waals surface area contributed by atoms with Gasteiger partial charge < -0.3 is 10.2 Å². The smallest absolute Gasteiger partial charge is 0.243 e. The van der Waals surface area contributed by atoms with Crippen molar-refractivity contribution >= 4 is 15.9 Å². The van der Waals surface area contributed by atoms with Gasteiger partial charge >= 0.3 is 0 Å². The van der Waals surface area contributed by atoms with Crippen LogP contribution in [-0.4, -0.2) is 62.8 Å². The Bertz CT molecular complexity index is 751. The highest BCUT2D eigenvalue weighted by Gasteiger charge is 2.43. The minimum atomic E-state index is -3.45. The molecular formula is C19H27N3O3S. The number of likely N-dealkylation sites (tertiary alicyclic amines) is 1. The lowest BCUT2D eigenvalue weighted by Crippen LogP contribution is -2.44. The average Bonchev–Trinajstić information content (AvgIpc) is 3.32. The van der Waals surface area contributed by atoms with E-state index in [1.54, 1.807) is 24.3 Å². The van der Waals surface area contributed by atoms with Crippen molar-refractivity contribution in [2.75, 3.05) is 39.3 Å². The van der Waals surface area contributed by atoms with Gasteiger partial charge in [0, 0.05) is 44.1 Å². The molecule has 142 valence electrons. The van der Waals surface area contributed by atoms with Crippen LogP contribution in [0.25, 0.3) is 0 Å². The summed E-state index contributed by atoms with van der Waals surface area (Å²) in [6.45, 7) is 4.63. The maximum atomic E-state index is 12.9. The third-order valence-corrected chi connectivity index (χ3v) is 8.18. The quantitative estimate of drug-likeness (QED) is 0.862. The van der Waals surface area contributed by atoms with Crippen molar-refractivity contribution in [3.8, 4) is 0 Å². The third kappa shape index (κ3) is 3.28. The van der Waals surface area contributed by atoms with E-state index in [1.807, 2.05) is 11.0 Å². The van der Waals surface area contributed by atoms with Gasteiger partial charge in [-0.3, -0.25) is 4.79 Å². The van der Waals surface area contributed by atoms with E-state index in [2.05, 4.69) is 5.32 Å². The third-order valence-electron chi connectivity index (χ3n) is 6.27. The summed E-state index contributed by atoms with van der Waals surface area (Å²) in [5.74, 6) is 0.187. The van der Waals surface area contributed by atoms with Crippen LogP contribution in [0, 0.1) is 11.3 Å². The van der Waals surface area contributed by atoms with Crippen LogP contribution in [0.4, 0.5) is 0 Å². The monoisotopic (exact) mass is 377 g/mol. The first-order valence-electron chi connectivity index (χ1n) is 9.55. The van der Waals surface area contributed by atoms with Crippen LogP contribution in [0.5, 0.6) is 0 Å². The zero-order chi connectivity index (χ0) is 18.2. The Morgan fingerprint density at radius 2 is 1.81 bits per heavy atom. The lowest BCUT2D eigenvalue weighted by Gasteiger charge is -2.33. The van der Waals surface area contributed by atoms with Crippen molar-refractivity contribution in [2.24, 2.45) is 11.3 Å². The molecule has 0 aliphatic carbocycles. The molecule has 1 amide bonds. The number of nitrogens with one attached hydrogen (secondary N) is 1. The maximum Gasteiger partial charge on any atom is 0.243 e. The normalized spacial score (nSPS) is 28.1. The first-order valence-corrected chi connectivity index (χ1v) is 11.0. The van der Waals surface area contributed by atoms with Crippen molar-refractivity contribution in [1.29, 1.82) is 0 Å². The van der Waals surface area contributed by atoms with Crippen LogP contribution in [0.15, 0.2) is 35.2 Å². The zero-order valence-corrected chi connectivity index (χ0v) is 15.9. The number of amides is 1. The summed E-state index contributed by atoms with van der Waals surface area (Å²) in [5, 5.41) is 3.42. The highest BCUT2D eigenvalue weighted by Crippen LogP contribution is 2.37. The van der Waals surface area contributed by atoms with Gasteiger partial charge in [-0.15, -0.1) is 0 Å². The van der Waals surface area contributed by atoms with Gasteiger partial charge in [-0.1, -0.05) is 18.2 Å². The molecule has 4 rings (SSSR count). The van der Waals surface area contributed by atoms with Crippen LogP contribution in [-0.2, 0) is 14.8 Å². The fourth-order valence-corrected chi connectivity index (χ4v) is 6.10. The van der Waals surface area contributed by atoms with Gasteiger partial charge in [-0.2, -0.15) is 4.31 Å². The Morgan fingerprint density at radius 1 is 1.08 bits per heavy atom. The van der Waals surface area contributed by atoms with Gasteiger partial charge in [0.25, 0.3) is 0 Å². The topological polar surface area (TPSA) is 69.7 Å². The number of carbonyl (C=O) groups excluding carboxylic acids is 1. The number of rotatable bonds is 3. The maximum absolute atomic E-state index is 12.9. The SMILES string of the molecule is O=C(C1CCN(S(=O)(=O)c2ccccc2)CC1)N1CCC2(CCNC2)C1. The average molecular weight is 378 g/mol. The predicted octanol–water partition coefficient (Wildman–Crippen LogP) is 1.30. The minimum Gasteiger partial charge on any atom is -0.342 e. The van der Waals surface area contributed by atoms with Crippen LogP contribution < -0.4 is 5.32 Å². The molecule has 3 saturated heterocycles. The standard InChI is InChI=1S/C19H27N3O3S/c23-18(21-13-9-19(15-21)8-10-20-14-19)16-6-11-22(12-7-16)26(24,25)17-4-2-1-3-5-17/h1-5,16,20H,6-15H2.